The monoisotopic (exact) mass is 302 g/mol. The molecule has 0 spiro atoms. The highest BCUT2D eigenvalue weighted by Gasteiger charge is 2.15. The van der Waals surface area contributed by atoms with Gasteiger partial charge in [0.15, 0.2) is 0 Å². The Morgan fingerprint density at radius 3 is 2.73 bits per heavy atom. The number of nitro groups is 1. The summed E-state index contributed by atoms with van der Waals surface area (Å²) >= 11 is 0. The number of aryl methyl sites for hydroxylation is 2. The zero-order chi connectivity index (χ0) is 16.1. The Morgan fingerprint density at radius 2 is 2.05 bits per heavy atom. The number of anilines is 1. The van der Waals surface area contributed by atoms with Crippen LogP contribution in [-0.4, -0.2) is 10.8 Å². The number of hydrogen-bond acceptors (Lipinski definition) is 3. The predicted octanol–water partition coefficient (Wildman–Crippen LogP) is 3.61. The molecule has 0 fully saturated rings. The van der Waals surface area contributed by atoms with E-state index in [-0.39, 0.29) is 18.0 Å². The zero-order valence-electron chi connectivity index (χ0n) is 12.0. The number of rotatable bonds is 5. The van der Waals surface area contributed by atoms with Crippen molar-refractivity contribution in [3.63, 3.8) is 0 Å². The molecule has 6 heteroatoms. The first-order valence-corrected chi connectivity index (χ1v) is 6.75. The number of benzene rings is 2. The van der Waals surface area contributed by atoms with Crippen LogP contribution in [0.25, 0.3) is 0 Å². The van der Waals surface area contributed by atoms with Gasteiger partial charge in [0, 0.05) is 18.2 Å². The Labute approximate surface area is 126 Å². The fourth-order valence-corrected chi connectivity index (χ4v) is 2.08. The molecule has 22 heavy (non-hydrogen) atoms. The van der Waals surface area contributed by atoms with Gasteiger partial charge in [-0.15, -0.1) is 0 Å². The van der Waals surface area contributed by atoms with Gasteiger partial charge >= 0.3 is 5.69 Å². The van der Waals surface area contributed by atoms with Crippen molar-refractivity contribution in [3.8, 4) is 0 Å². The number of carbonyl (C=O) groups excluding carboxylic acids is 1. The lowest BCUT2D eigenvalue weighted by molar-refractivity contribution is -0.387. The van der Waals surface area contributed by atoms with Crippen LogP contribution in [0.4, 0.5) is 15.8 Å². The minimum absolute atomic E-state index is 0.211. The first-order valence-electron chi connectivity index (χ1n) is 6.75. The van der Waals surface area contributed by atoms with E-state index in [1.807, 2.05) is 31.2 Å². The summed E-state index contributed by atoms with van der Waals surface area (Å²) in [6.07, 6.45) is 0.811. The third-order valence-corrected chi connectivity index (χ3v) is 3.15. The van der Waals surface area contributed by atoms with Crippen LogP contribution in [0.5, 0.6) is 0 Å². The fourth-order valence-electron chi connectivity index (χ4n) is 2.08. The molecular formula is C16H15FN2O3. The number of carbonyl (C=O) groups is 1. The molecule has 0 aromatic heterocycles. The smallest absolute Gasteiger partial charge is 0.306 e. The molecule has 0 atom stereocenters. The molecule has 0 saturated carbocycles. The van der Waals surface area contributed by atoms with Crippen molar-refractivity contribution < 1.29 is 14.1 Å². The van der Waals surface area contributed by atoms with E-state index in [9.17, 15) is 19.3 Å². The third kappa shape index (κ3) is 4.12. The van der Waals surface area contributed by atoms with Crippen LogP contribution in [-0.2, 0) is 11.2 Å². The number of nitro benzene ring substituents is 1. The SMILES string of the molecule is Cc1cccc(CCC(=O)Nc2ccc(F)c([N+](=O)[O-])c2)c1. The number of halogens is 1. The molecule has 1 N–H and O–H groups in total. The summed E-state index contributed by atoms with van der Waals surface area (Å²) in [5.74, 6) is -1.20. The molecule has 0 aliphatic rings. The molecule has 2 aromatic carbocycles. The fraction of sp³-hybridized carbons (Fsp3) is 0.188. The zero-order valence-corrected chi connectivity index (χ0v) is 12.0. The molecule has 0 bridgehead atoms. The molecule has 0 saturated heterocycles. The molecule has 0 heterocycles. The third-order valence-electron chi connectivity index (χ3n) is 3.15. The molecule has 0 radical (unpaired) electrons. The number of nitrogens with zero attached hydrogens (tertiary/aromatic N) is 1. The Bertz CT molecular complexity index is 716. The Kier molecular flexibility index (Phi) is 4.83. The van der Waals surface area contributed by atoms with Crippen molar-refractivity contribution in [2.75, 3.05) is 5.32 Å². The maximum atomic E-state index is 13.2. The quantitative estimate of drug-likeness (QED) is 0.677. The Morgan fingerprint density at radius 1 is 1.27 bits per heavy atom. The molecular weight excluding hydrogens is 287 g/mol. The van der Waals surface area contributed by atoms with Gasteiger partial charge in [-0.25, -0.2) is 0 Å². The molecule has 0 aliphatic carbocycles. The van der Waals surface area contributed by atoms with Crippen LogP contribution < -0.4 is 5.32 Å². The van der Waals surface area contributed by atoms with Crippen molar-refractivity contribution >= 4 is 17.3 Å². The molecule has 1 amide bonds. The van der Waals surface area contributed by atoms with E-state index in [0.29, 0.717) is 6.42 Å². The van der Waals surface area contributed by atoms with Gasteiger partial charge in [-0.05, 0) is 31.0 Å². The van der Waals surface area contributed by atoms with E-state index in [1.54, 1.807) is 0 Å². The second-order valence-corrected chi connectivity index (χ2v) is 4.96. The average Bonchev–Trinajstić information content (AvgIpc) is 2.47. The summed E-state index contributed by atoms with van der Waals surface area (Å²) in [6.45, 7) is 1.97. The first kappa shape index (κ1) is 15.6. The number of nitrogens with one attached hydrogen (secondary N) is 1. The van der Waals surface area contributed by atoms with E-state index >= 15 is 0 Å². The van der Waals surface area contributed by atoms with Gasteiger partial charge in [0.25, 0.3) is 0 Å². The number of hydrogen-bond donors (Lipinski definition) is 1. The summed E-state index contributed by atoms with van der Waals surface area (Å²) in [5, 5.41) is 13.2. The van der Waals surface area contributed by atoms with Crippen LogP contribution in [0.2, 0.25) is 0 Å². The van der Waals surface area contributed by atoms with Crippen molar-refractivity contribution in [2.45, 2.75) is 19.8 Å². The Hall–Kier alpha value is -2.76. The lowest BCUT2D eigenvalue weighted by Gasteiger charge is -2.06. The molecule has 2 aromatic rings. The Balaban J connectivity index is 1.97. The maximum absolute atomic E-state index is 13.2. The van der Waals surface area contributed by atoms with E-state index in [4.69, 9.17) is 0 Å². The van der Waals surface area contributed by atoms with Crippen LogP contribution in [0.15, 0.2) is 42.5 Å². The van der Waals surface area contributed by atoms with Gasteiger partial charge in [0.05, 0.1) is 4.92 Å². The van der Waals surface area contributed by atoms with E-state index in [1.165, 1.54) is 6.07 Å². The van der Waals surface area contributed by atoms with Crippen LogP contribution in [0.3, 0.4) is 0 Å². The van der Waals surface area contributed by atoms with Crippen molar-refractivity contribution in [1.29, 1.82) is 0 Å². The van der Waals surface area contributed by atoms with Gasteiger partial charge in [-0.2, -0.15) is 4.39 Å². The highest BCUT2D eigenvalue weighted by atomic mass is 19.1. The topological polar surface area (TPSA) is 72.2 Å². The van der Waals surface area contributed by atoms with Gasteiger partial charge < -0.3 is 5.32 Å². The summed E-state index contributed by atoms with van der Waals surface area (Å²) < 4.78 is 13.2. The van der Waals surface area contributed by atoms with Gasteiger partial charge in [-0.1, -0.05) is 29.8 Å². The molecule has 114 valence electrons. The van der Waals surface area contributed by atoms with Crippen molar-refractivity contribution in [2.24, 2.45) is 0 Å². The predicted molar refractivity (Wildman–Crippen MR) is 81.2 cm³/mol. The minimum Gasteiger partial charge on any atom is -0.326 e. The standard InChI is InChI=1S/C16H15FN2O3/c1-11-3-2-4-12(9-11)5-8-16(20)18-13-6-7-14(17)15(10-13)19(21)22/h2-4,6-7,9-10H,5,8H2,1H3,(H,18,20). The van der Waals surface area contributed by atoms with Crippen molar-refractivity contribution in [3.05, 3.63) is 69.5 Å². The van der Waals surface area contributed by atoms with E-state index in [2.05, 4.69) is 5.32 Å². The highest BCUT2D eigenvalue weighted by Crippen LogP contribution is 2.21. The molecule has 0 unspecified atom stereocenters. The van der Waals surface area contributed by atoms with E-state index < -0.39 is 16.4 Å². The van der Waals surface area contributed by atoms with Gasteiger partial charge in [0.1, 0.15) is 0 Å². The normalized spacial score (nSPS) is 10.3. The average molecular weight is 302 g/mol. The maximum Gasteiger partial charge on any atom is 0.306 e. The van der Waals surface area contributed by atoms with Crippen molar-refractivity contribution in [1.82, 2.24) is 0 Å². The first-order chi connectivity index (χ1) is 10.5. The van der Waals surface area contributed by atoms with E-state index in [0.717, 1.165) is 23.3 Å². The highest BCUT2D eigenvalue weighted by molar-refractivity contribution is 5.91. The molecule has 5 nitrogen and oxygen atoms in total. The lowest BCUT2D eigenvalue weighted by atomic mass is 10.1. The summed E-state index contributed by atoms with van der Waals surface area (Å²) in [6, 6.07) is 11.1. The lowest BCUT2D eigenvalue weighted by Crippen LogP contribution is -2.12. The second kappa shape index (κ2) is 6.80. The number of amides is 1. The van der Waals surface area contributed by atoms with Crippen LogP contribution in [0.1, 0.15) is 17.5 Å². The summed E-state index contributed by atoms with van der Waals surface area (Å²) in [7, 11) is 0. The van der Waals surface area contributed by atoms with Gasteiger partial charge in [-0.3, -0.25) is 14.9 Å². The van der Waals surface area contributed by atoms with Crippen LogP contribution >= 0.6 is 0 Å². The summed E-state index contributed by atoms with van der Waals surface area (Å²) in [5.41, 5.74) is 1.71. The van der Waals surface area contributed by atoms with Gasteiger partial charge in [0.2, 0.25) is 11.7 Å². The minimum atomic E-state index is -0.928. The second-order valence-electron chi connectivity index (χ2n) is 4.96. The summed E-state index contributed by atoms with van der Waals surface area (Å²) in [4.78, 5) is 21.7. The molecule has 0 aliphatic heterocycles. The largest absolute Gasteiger partial charge is 0.326 e. The van der Waals surface area contributed by atoms with Crippen LogP contribution in [0, 0.1) is 22.9 Å². The molecule has 2 rings (SSSR count).